The lowest BCUT2D eigenvalue weighted by Gasteiger charge is -2.15. The van der Waals surface area contributed by atoms with Gasteiger partial charge < -0.3 is 5.32 Å². The zero-order chi connectivity index (χ0) is 19.6. The number of nitrogens with one attached hydrogen (secondary N) is 1. The van der Waals surface area contributed by atoms with Gasteiger partial charge in [-0.15, -0.1) is 0 Å². The molecule has 0 radical (unpaired) electrons. The molecule has 1 aromatic heterocycles. The van der Waals surface area contributed by atoms with Crippen LogP contribution < -0.4 is 5.32 Å². The van der Waals surface area contributed by atoms with Crippen LogP contribution in [0.4, 0.5) is 5.69 Å². The highest BCUT2D eigenvalue weighted by Crippen LogP contribution is 2.25. The molecule has 1 heterocycles. The van der Waals surface area contributed by atoms with Gasteiger partial charge in [0.05, 0.1) is 23.2 Å². The minimum atomic E-state index is -3.84. The zero-order valence-electron chi connectivity index (χ0n) is 15.1. The van der Waals surface area contributed by atoms with Crippen LogP contribution in [-0.4, -0.2) is 37.9 Å². The summed E-state index contributed by atoms with van der Waals surface area (Å²) in [5.74, 6) is -0.416. The smallest absolute Gasteiger partial charge is 0.264 e. The van der Waals surface area contributed by atoms with Crippen molar-refractivity contribution < 1.29 is 18.0 Å². The number of carbonyl (C=O) groups excluding carboxylic acids is 1. The number of sulfonamides is 1. The maximum Gasteiger partial charge on any atom is 0.264 e. The predicted molar refractivity (Wildman–Crippen MR) is 103 cm³/mol. The zero-order valence-corrected chi connectivity index (χ0v) is 15.9. The van der Waals surface area contributed by atoms with Gasteiger partial charge in [-0.2, -0.15) is 0 Å². The third kappa shape index (κ3) is 3.68. The van der Waals surface area contributed by atoms with Crippen molar-refractivity contribution in [1.82, 2.24) is 9.45 Å². The van der Waals surface area contributed by atoms with Gasteiger partial charge in [-0.1, -0.05) is 16.6 Å². The van der Waals surface area contributed by atoms with Crippen molar-refractivity contribution in [2.24, 2.45) is 0 Å². The van der Waals surface area contributed by atoms with Crippen LogP contribution in [-0.2, 0) is 14.9 Å². The van der Waals surface area contributed by atoms with Crippen molar-refractivity contribution in [2.75, 3.05) is 19.5 Å². The number of nitrogens with zero attached hydrogens (tertiary/aromatic N) is 2. The largest absolute Gasteiger partial charge is 0.321 e. The van der Waals surface area contributed by atoms with Crippen LogP contribution in [0.15, 0.2) is 59.6 Å². The molecule has 0 atom stereocenters. The van der Waals surface area contributed by atoms with Gasteiger partial charge in [0.25, 0.3) is 15.9 Å². The second-order valence-electron chi connectivity index (χ2n) is 5.91. The average Bonchev–Trinajstić information content (AvgIpc) is 2.69. The summed E-state index contributed by atoms with van der Waals surface area (Å²) in [6.07, 6.45) is 1.70. The van der Waals surface area contributed by atoms with Crippen molar-refractivity contribution in [3.8, 4) is 0 Å². The SMILES string of the molecule is CON(C)S(=O)(=O)c1cccc(C(=O)Nc2ccc(C)c3ncccc23)c1. The van der Waals surface area contributed by atoms with Crippen LogP contribution >= 0.6 is 0 Å². The van der Waals surface area contributed by atoms with E-state index in [4.69, 9.17) is 4.84 Å². The molecule has 0 aliphatic heterocycles. The third-order valence-electron chi connectivity index (χ3n) is 4.21. The Morgan fingerprint density at radius 1 is 1.15 bits per heavy atom. The number of anilines is 1. The van der Waals surface area contributed by atoms with Gasteiger partial charge in [-0.25, -0.2) is 8.42 Å². The van der Waals surface area contributed by atoms with Crippen molar-refractivity contribution in [3.63, 3.8) is 0 Å². The van der Waals surface area contributed by atoms with E-state index in [2.05, 4.69) is 10.3 Å². The molecule has 0 saturated heterocycles. The van der Waals surface area contributed by atoms with E-state index in [0.717, 1.165) is 20.9 Å². The third-order valence-corrected chi connectivity index (χ3v) is 5.88. The molecule has 0 unspecified atom stereocenters. The summed E-state index contributed by atoms with van der Waals surface area (Å²) in [4.78, 5) is 21.8. The second kappa shape index (κ2) is 7.43. The first-order valence-corrected chi connectivity index (χ1v) is 9.57. The minimum absolute atomic E-state index is 0.0325. The maximum atomic E-state index is 12.7. The van der Waals surface area contributed by atoms with Gasteiger partial charge in [0.1, 0.15) is 0 Å². The molecule has 3 aromatic rings. The number of aromatic nitrogens is 1. The summed E-state index contributed by atoms with van der Waals surface area (Å²) in [6.45, 7) is 1.95. The van der Waals surface area contributed by atoms with Gasteiger partial charge in [0.15, 0.2) is 0 Å². The number of aryl methyl sites for hydroxylation is 1. The Labute approximate surface area is 157 Å². The van der Waals surface area contributed by atoms with Crippen LogP contribution in [0.25, 0.3) is 10.9 Å². The number of hydroxylamine groups is 1. The minimum Gasteiger partial charge on any atom is -0.321 e. The number of fused-ring (bicyclic) bond motifs is 1. The predicted octanol–water partition coefficient (Wildman–Crippen LogP) is 2.98. The van der Waals surface area contributed by atoms with E-state index in [1.807, 2.05) is 19.1 Å². The van der Waals surface area contributed by atoms with Crippen molar-refractivity contribution in [3.05, 3.63) is 65.9 Å². The van der Waals surface area contributed by atoms with Crippen LogP contribution in [0.2, 0.25) is 0 Å². The first kappa shape index (κ1) is 19.0. The highest BCUT2D eigenvalue weighted by Gasteiger charge is 2.22. The molecule has 2 aromatic carbocycles. The maximum absolute atomic E-state index is 12.7. The molecule has 0 saturated carbocycles. The molecule has 0 aliphatic carbocycles. The molecule has 7 nitrogen and oxygen atoms in total. The van der Waals surface area contributed by atoms with Crippen molar-refractivity contribution >= 4 is 32.5 Å². The number of pyridine rings is 1. The lowest BCUT2D eigenvalue weighted by Crippen LogP contribution is -2.26. The van der Waals surface area contributed by atoms with Gasteiger partial charge in [-0.05, 0) is 48.9 Å². The first-order chi connectivity index (χ1) is 12.8. The van der Waals surface area contributed by atoms with Gasteiger partial charge >= 0.3 is 0 Å². The molecule has 1 N–H and O–H groups in total. The van der Waals surface area contributed by atoms with E-state index in [1.54, 1.807) is 24.4 Å². The molecule has 27 heavy (non-hydrogen) atoms. The van der Waals surface area contributed by atoms with E-state index < -0.39 is 15.9 Å². The number of rotatable bonds is 5. The Hall–Kier alpha value is -2.81. The Bertz CT molecular complexity index is 1110. The van der Waals surface area contributed by atoms with E-state index in [0.29, 0.717) is 5.69 Å². The Kier molecular flexibility index (Phi) is 5.22. The summed E-state index contributed by atoms with van der Waals surface area (Å²) in [7, 11) is -1.30. The summed E-state index contributed by atoms with van der Waals surface area (Å²) >= 11 is 0. The van der Waals surface area contributed by atoms with E-state index >= 15 is 0 Å². The quantitative estimate of drug-likeness (QED) is 0.682. The van der Waals surface area contributed by atoms with E-state index in [-0.39, 0.29) is 10.5 Å². The molecular formula is C19H19N3O4S. The number of hydrogen-bond acceptors (Lipinski definition) is 5. The number of amides is 1. The molecule has 0 spiro atoms. The van der Waals surface area contributed by atoms with Gasteiger partial charge in [-0.3, -0.25) is 14.6 Å². The monoisotopic (exact) mass is 385 g/mol. The lowest BCUT2D eigenvalue weighted by atomic mass is 10.1. The average molecular weight is 385 g/mol. The summed E-state index contributed by atoms with van der Waals surface area (Å²) in [6, 6.07) is 13.1. The second-order valence-corrected chi connectivity index (χ2v) is 7.84. The first-order valence-electron chi connectivity index (χ1n) is 8.13. The van der Waals surface area contributed by atoms with E-state index in [9.17, 15) is 13.2 Å². The molecule has 0 bridgehead atoms. The molecule has 3 rings (SSSR count). The topological polar surface area (TPSA) is 88.6 Å². The van der Waals surface area contributed by atoms with Gasteiger partial charge in [0.2, 0.25) is 0 Å². The summed E-state index contributed by atoms with van der Waals surface area (Å²) in [5.41, 5.74) is 2.63. The fraction of sp³-hybridized carbons (Fsp3) is 0.158. The number of carbonyl (C=O) groups is 1. The van der Waals surface area contributed by atoms with Crippen LogP contribution in [0.5, 0.6) is 0 Å². The van der Waals surface area contributed by atoms with Crippen LogP contribution in [0.3, 0.4) is 0 Å². The van der Waals surface area contributed by atoms with Crippen molar-refractivity contribution in [2.45, 2.75) is 11.8 Å². The van der Waals surface area contributed by atoms with Crippen LogP contribution in [0.1, 0.15) is 15.9 Å². The number of benzene rings is 2. The molecule has 0 fully saturated rings. The lowest BCUT2D eigenvalue weighted by molar-refractivity contribution is -0.0258. The van der Waals surface area contributed by atoms with Crippen molar-refractivity contribution in [1.29, 1.82) is 0 Å². The fourth-order valence-corrected chi connectivity index (χ4v) is 3.68. The number of hydrogen-bond donors (Lipinski definition) is 1. The summed E-state index contributed by atoms with van der Waals surface area (Å²) < 4.78 is 25.5. The Morgan fingerprint density at radius 3 is 2.67 bits per heavy atom. The molecule has 8 heteroatoms. The normalized spacial score (nSPS) is 11.7. The molecule has 0 aliphatic rings. The molecule has 140 valence electrons. The summed E-state index contributed by atoms with van der Waals surface area (Å²) in [5, 5.41) is 3.65. The highest BCUT2D eigenvalue weighted by atomic mass is 32.2. The Balaban J connectivity index is 1.95. The molecular weight excluding hydrogens is 366 g/mol. The Morgan fingerprint density at radius 2 is 1.93 bits per heavy atom. The standard InChI is InChI=1S/C19H19N3O4S/c1-13-9-10-17(16-8-5-11-20-18(13)16)21-19(23)14-6-4-7-15(12-14)27(24,25)22(2)26-3/h4-12H,1-3H3,(H,21,23). The van der Waals surface area contributed by atoms with E-state index in [1.165, 1.54) is 32.4 Å². The highest BCUT2D eigenvalue weighted by molar-refractivity contribution is 7.89. The fourth-order valence-electron chi connectivity index (χ4n) is 2.66. The van der Waals surface area contributed by atoms with Crippen LogP contribution in [0, 0.1) is 6.92 Å². The molecule has 1 amide bonds. The van der Waals surface area contributed by atoms with Gasteiger partial charge in [0, 0.05) is 24.2 Å².